The van der Waals surface area contributed by atoms with Crippen LogP contribution in [0.3, 0.4) is 0 Å². The minimum Gasteiger partial charge on any atom is -0.481 e. The van der Waals surface area contributed by atoms with Crippen LogP contribution in [0.2, 0.25) is 0 Å². The third-order valence-corrected chi connectivity index (χ3v) is 2.51. The maximum absolute atomic E-state index is 11.1. The average molecular weight is 220 g/mol. The van der Waals surface area contributed by atoms with Gasteiger partial charge in [0.05, 0.1) is 17.6 Å². The summed E-state index contributed by atoms with van der Waals surface area (Å²) in [5.41, 5.74) is 7.41. The topological polar surface area (TPSA) is 93.5 Å². The Kier molecular flexibility index (Phi) is 2.57. The monoisotopic (exact) mass is 220 g/mol. The summed E-state index contributed by atoms with van der Waals surface area (Å²) in [4.78, 5) is 19.3. The molecule has 16 heavy (non-hydrogen) atoms. The van der Waals surface area contributed by atoms with E-state index in [2.05, 4.69) is 9.97 Å². The number of carboxylic acids is 1. The number of rotatable bonds is 3. The highest BCUT2D eigenvalue weighted by Crippen LogP contribution is 2.20. The van der Waals surface area contributed by atoms with Crippen molar-refractivity contribution in [2.45, 2.75) is 12.8 Å². The molecule has 0 aliphatic carbocycles. The van der Waals surface area contributed by atoms with Crippen molar-refractivity contribution in [3.63, 3.8) is 0 Å². The minimum absolute atomic E-state index is 0.0479. The fourth-order valence-electron chi connectivity index (χ4n) is 1.79. The molecule has 0 aliphatic heterocycles. The van der Waals surface area contributed by atoms with Crippen LogP contribution in [0.15, 0.2) is 18.6 Å². The number of aryl methyl sites for hydroxylation is 1. The second-order valence-electron chi connectivity index (χ2n) is 3.51. The molecule has 6 heteroatoms. The molecule has 1 atom stereocenters. The molecule has 0 fully saturated rings. The molecule has 0 saturated heterocycles. The Labute approximate surface area is 91.7 Å². The highest BCUT2D eigenvalue weighted by molar-refractivity contribution is 5.76. The summed E-state index contributed by atoms with van der Waals surface area (Å²) in [6, 6.07) is 0. The van der Waals surface area contributed by atoms with Crippen molar-refractivity contribution in [2.24, 2.45) is 5.73 Å². The van der Waals surface area contributed by atoms with E-state index in [1.807, 2.05) is 0 Å². The molecular weight excluding hydrogens is 208 g/mol. The largest absolute Gasteiger partial charge is 0.481 e. The summed E-state index contributed by atoms with van der Waals surface area (Å²) >= 11 is 0. The normalized spacial score (nSPS) is 12.9. The van der Waals surface area contributed by atoms with E-state index in [-0.39, 0.29) is 6.54 Å². The van der Waals surface area contributed by atoms with Crippen LogP contribution in [0.25, 0.3) is 5.65 Å². The van der Waals surface area contributed by atoms with E-state index in [1.54, 1.807) is 29.9 Å². The fraction of sp³-hybridized carbons (Fsp3) is 0.300. The zero-order chi connectivity index (χ0) is 11.7. The molecule has 0 amide bonds. The summed E-state index contributed by atoms with van der Waals surface area (Å²) in [5, 5.41) is 9.09. The Hall–Kier alpha value is -1.95. The van der Waals surface area contributed by atoms with Crippen LogP contribution < -0.4 is 5.73 Å². The number of nitrogens with two attached hydrogens (primary N) is 1. The lowest BCUT2D eigenvalue weighted by Gasteiger charge is -2.10. The summed E-state index contributed by atoms with van der Waals surface area (Å²) in [5.74, 6) is -1.68. The Morgan fingerprint density at radius 2 is 2.44 bits per heavy atom. The number of hydrogen-bond donors (Lipinski definition) is 2. The van der Waals surface area contributed by atoms with Crippen LogP contribution in [0.1, 0.15) is 17.3 Å². The van der Waals surface area contributed by atoms with Gasteiger partial charge in [-0.3, -0.25) is 9.78 Å². The number of nitrogens with zero attached hydrogens (tertiary/aromatic N) is 3. The van der Waals surface area contributed by atoms with Crippen molar-refractivity contribution >= 4 is 11.6 Å². The van der Waals surface area contributed by atoms with Gasteiger partial charge in [0.15, 0.2) is 5.65 Å². The van der Waals surface area contributed by atoms with Crippen LogP contribution in [0, 0.1) is 6.92 Å². The van der Waals surface area contributed by atoms with Gasteiger partial charge in [-0.25, -0.2) is 4.98 Å². The lowest BCUT2D eigenvalue weighted by molar-refractivity contribution is -0.138. The molecule has 3 N–H and O–H groups in total. The SMILES string of the molecule is Cc1nc2cnccn2c1C(CN)C(=O)O. The van der Waals surface area contributed by atoms with Gasteiger partial charge in [0.2, 0.25) is 0 Å². The Morgan fingerprint density at radius 1 is 1.69 bits per heavy atom. The fourth-order valence-corrected chi connectivity index (χ4v) is 1.79. The van der Waals surface area contributed by atoms with Crippen LogP contribution in [-0.2, 0) is 4.79 Å². The predicted octanol–water partition coefficient (Wildman–Crippen LogP) is 0.165. The Balaban J connectivity index is 2.66. The van der Waals surface area contributed by atoms with Gasteiger partial charge in [0.1, 0.15) is 5.92 Å². The number of imidazole rings is 1. The maximum Gasteiger partial charge on any atom is 0.313 e. The minimum atomic E-state index is -0.941. The molecule has 2 aromatic heterocycles. The summed E-state index contributed by atoms with van der Waals surface area (Å²) in [6.07, 6.45) is 4.87. The quantitative estimate of drug-likeness (QED) is 0.768. The lowest BCUT2D eigenvalue weighted by atomic mass is 10.0. The lowest BCUT2D eigenvalue weighted by Crippen LogP contribution is -2.23. The first-order valence-electron chi connectivity index (χ1n) is 4.86. The molecule has 0 spiro atoms. The smallest absolute Gasteiger partial charge is 0.313 e. The molecule has 0 radical (unpaired) electrons. The summed E-state index contributed by atoms with van der Waals surface area (Å²) in [7, 11) is 0. The van der Waals surface area contributed by atoms with Gasteiger partial charge in [-0.05, 0) is 6.92 Å². The molecule has 1 unspecified atom stereocenters. The number of carboxylic acid groups (broad SMARTS) is 1. The number of hydrogen-bond acceptors (Lipinski definition) is 4. The third kappa shape index (κ3) is 1.53. The molecule has 0 aromatic carbocycles. The van der Waals surface area contributed by atoms with Gasteiger partial charge in [0.25, 0.3) is 0 Å². The summed E-state index contributed by atoms with van der Waals surface area (Å²) in [6.45, 7) is 1.82. The zero-order valence-electron chi connectivity index (χ0n) is 8.79. The van der Waals surface area contributed by atoms with Gasteiger partial charge >= 0.3 is 5.97 Å². The van der Waals surface area contributed by atoms with Crippen molar-refractivity contribution in [1.82, 2.24) is 14.4 Å². The molecule has 2 aromatic rings. The molecule has 84 valence electrons. The third-order valence-electron chi connectivity index (χ3n) is 2.51. The van der Waals surface area contributed by atoms with Gasteiger partial charge in [-0.1, -0.05) is 0 Å². The Bertz CT molecular complexity index is 535. The van der Waals surface area contributed by atoms with Crippen molar-refractivity contribution in [3.05, 3.63) is 30.0 Å². The van der Waals surface area contributed by atoms with E-state index in [4.69, 9.17) is 10.8 Å². The second-order valence-corrected chi connectivity index (χ2v) is 3.51. The van der Waals surface area contributed by atoms with E-state index in [9.17, 15) is 4.79 Å². The number of aliphatic carboxylic acids is 1. The Morgan fingerprint density at radius 3 is 3.06 bits per heavy atom. The number of carbonyl (C=O) groups is 1. The first-order valence-corrected chi connectivity index (χ1v) is 4.86. The zero-order valence-corrected chi connectivity index (χ0v) is 8.79. The number of aromatic nitrogens is 3. The molecule has 0 saturated carbocycles. The van der Waals surface area contributed by atoms with E-state index in [0.29, 0.717) is 17.0 Å². The van der Waals surface area contributed by atoms with Crippen molar-refractivity contribution in [2.75, 3.05) is 6.54 Å². The predicted molar refractivity (Wildman–Crippen MR) is 57.2 cm³/mol. The molecule has 0 aliphatic rings. The first kappa shape index (κ1) is 10.6. The highest BCUT2D eigenvalue weighted by Gasteiger charge is 2.24. The van der Waals surface area contributed by atoms with Crippen LogP contribution in [-0.4, -0.2) is 32.0 Å². The van der Waals surface area contributed by atoms with E-state index >= 15 is 0 Å². The molecule has 2 heterocycles. The molecule has 6 nitrogen and oxygen atoms in total. The first-order chi connectivity index (χ1) is 7.65. The van der Waals surface area contributed by atoms with Gasteiger partial charge in [-0.2, -0.15) is 0 Å². The maximum atomic E-state index is 11.1. The van der Waals surface area contributed by atoms with Gasteiger partial charge in [-0.15, -0.1) is 0 Å². The molecule has 2 rings (SSSR count). The standard InChI is InChI=1S/C10H12N4O2/c1-6-9(7(4-11)10(15)16)14-3-2-12-5-8(14)13-6/h2-3,5,7H,4,11H2,1H3,(H,15,16). The van der Waals surface area contributed by atoms with Crippen molar-refractivity contribution < 1.29 is 9.90 Å². The van der Waals surface area contributed by atoms with E-state index in [1.165, 1.54) is 0 Å². The van der Waals surface area contributed by atoms with Crippen LogP contribution >= 0.6 is 0 Å². The molecule has 0 bridgehead atoms. The van der Waals surface area contributed by atoms with Crippen LogP contribution in [0.5, 0.6) is 0 Å². The highest BCUT2D eigenvalue weighted by atomic mass is 16.4. The number of fused-ring (bicyclic) bond motifs is 1. The molecular formula is C10H12N4O2. The second kappa shape index (κ2) is 3.90. The van der Waals surface area contributed by atoms with Crippen molar-refractivity contribution in [3.8, 4) is 0 Å². The van der Waals surface area contributed by atoms with Gasteiger partial charge < -0.3 is 15.2 Å². The van der Waals surface area contributed by atoms with Crippen molar-refractivity contribution in [1.29, 1.82) is 0 Å². The van der Waals surface area contributed by atoms with E-state index < -0.39 is 11.9 Å². The van der Waals surface area contributed by atoms with Crippen LogP contribution in [0.4, 0.5) is 0 Å². The summed E-state index contributed by atoms with van der Waals surface area (Å²) < 4.78 is 1.72. The van der Waals surface area contributed by atoms with Gasteiger partial charge in [0, 0.05) is 18.9 Å². The van der Waals surface area contributed by atoms with E-state index in [0.717, 1.165) is 0 Å². The average Bonchev–Trinajstić information content (AvgIpc) is 2.57.